The number of likely N-dealkylation sites (N-methyl/N-ethyl adjacent to an activating group) is 1. The van der Waals surface area contributed by atoms with Crippen LogP contribution in [0.4, 0.5) is 0 Å². The number of aromatic nitrogens is 2. The van der Waals surface area contributed by atoms with Gasteiger partial charge in [-0.1, -0.05) is 27.2 Å². The van der Waals surface area contributed by atoms with Crippen molar-refractivity contribution in [2.24, 2.45) is 0 Å². The molecule has 0 radical (unpaired) electrons. The normalized spacial score (nSPS) is 22.3. The van der Waals surface area contributed by atoms with Crippen molar-refractivity contribution >= 4 is 12.2 Å². The van der Waals surface area contributed by atoms with Gasteiger partial charge in [0.1, 0.15) is 0 Å². The van der Waals surface area contributed by atoms with Crippen LogP contribution in [0.3, 0.4) is 0 Å². The summed E-state index contributed by atoms with van der Waals surface area (Å²) in [6, 6.07) is 0.627. The van der Waals surface area contributed by atoms with Crippen LogP contribution in [0.5, 0.6) is 0 Å². The van der Waals surface area contributed by atoms with Gasteiger partial charge in [-0.05, 0) is 38.7 Å². The predicted molar refractivity (Wildman–Crippen MR) is 78.6 cm³/mol. The number of aromatic amines is 1. The highest BCUT2D eigenvalue weighted by atomic mass is 32.1. The number of rotatable bonds is 2. The molecule has 18 heavy (non-hydrogen) atoms. The number of hydrogen-bond acceptors (Lipinski definition) is 2. The highest BCUT2D eigenvalue weighted by Crippen LogP contribution is 2.24. The van der Waals surface area contributed by atoms with Crippen molar-refractivity contribution in [3.8, 4) is 0 Å². The Morgan fingerprint density at radius 2 is 2.11 bits per heavy atom. The van der Waals surface area contributed by atoms with E-state index in [0.29, 0.717) is 6.04 Å². The van der Waals surface area contributed by atoms with E-state index in [1.807, 2.05) is 0 Å². The third-order valence-electron chi connectivity index (χ3n) is 3.95. The summed E-state index contributed by atoms with van der Waals surface area (Å²) in [5.41, 5.74) is 1.45. The first-order chi connectivity index (χ1) is 8.39. The summed E-state index contributed by atoms with van der Waals surface area (Å²) in [6.07, 6.45) is 6.04. The monoisotopic (exact) mass is 267 g/mol. The number of nitrogens with one attached hydrogen (secondary N) is 1. The van der Waals surface area contributed by atoms with Gasteiger partial charge in [0.2, 0.25) is 0 Å². The number of likely N-dealkylation sites (tertiary alicyclic amines) is 1. The van der Waals surface area contributed by atoms with Gasteiger partial charge in [0.05, 0.1) is 0 Å². The van der Waals surface area contributed by atoms with Crippen molar-refractivity contribution in [3.05, 3.63) is 16.7 Å². The van der Waals surface area contributed by atoms with Crippen LogP contribution >= 0.6 is 12.2 Å². The van der Waals surface area contributed by atoms with Crippen molar-refractivity contribution in [1.82, 2.24) is 14.5 Å². The van der Waals surface area contributed by atoms with Crippen LogP contribution in [-0.4, -0.2) is 34.1 Å². The Morgan fingerprint density at radius 3 is 2.72 bits per heavy atom. The Morgan fingerprint density at radius 1 is 1.39 bits per heavy atom. The molecule has 3 nitrogen and oxygen atoms in total. The van der Waals surface area contributed by atoms with Gasteiger partial charge in [0, 0.05) is 29.9 Å². The van der Waals surface area contributed by atoms with Gasteiger partial charge in [0.25, 0.3) is 0 Å². The van der Waals surface area contributed by atoms with E-state index < -0.39 is 0 Å². The summed E-state index contributed by atoms with van der Waals surface area (Å²) in [5.74, 6) is 0. The predicted octanol–water partition coefficient (Wildman–Crippen LogP) is 3.33. The molecule has 0 saturated carbocycles. The molecule has 1 aromatic heterocycles. The lowest BCUT2D eigenvalue weighted by Crippen LogP contribution is -2.39. The molecule has 0 aromatic carbocycles. The maximum atomic E-state index is 5.44. The van der Waals surface area contributed by atoms with Crippen molar-refractivity contribution in [1.29, 1.82) is 0 Å². The maximum absolute atomic E-state index is 5.44. The first-order valence-electron chi connectivity index (χ1n) is 6.88. The third kappa shape index (κ3) is 2.86. The molecular weight excluding hydrogens is 242 g/mol. The standard InChI is InChI=1S/C14H25N3S/c1-14(2,3)12-9-15-13(18)17(12)10-11-7-5-6-8-16(11)4/h9,11H,5-8,10H2,1-4H3,(H,15,18). The highest BCUT2D eigenvalue weighted by molar-refractivity contribution is 7.71. The molecule has 0 aliphatic carbocycles. The molecule has 1 atom stereocenters. The van der Waals surface area contributed by atoms with E-state index in [0.717, 1.165) is 11.3 Å². The fourth-order valence-corrected chi connectivity index (χ4v) is 3.02. The van der Waals surface area contributed by atoms with Crippen LogP contribution in [0.1, 0.15) is 45.7 Å². The molecule has 0 amide bonds. The lowest BCUT2D eigenvalue weighted by Gasteiger charge is -2.34. The number of piperidine rings is 1. The summed E-state index contributed by atoms with van der Waals surface area (Å²) in [5, 5.41) is 0. The second-order valence-corrected chi connectivity index (χ2v) is 6.86. The van der Waals surface area contributed by atoms with Crippen LogP contribution < -0.4 is 0 Å². The van der Waals surface area contributed by atoms with E-state index in [1.165, 1.54) is 31.5 Å². The van der Waals surface area contributed by atoms with E-state index in [4.69, 9.17) is 12.2 Å². The van der Waals surface area contributed by atoms with Crippen LogP contribution in [0.2, 0.25) is 0 Å². The summed E-state index contributed by atoms with van der Waals surface area (Å²) in [4.78, 5) is 5.68. The Hall–Kier alpha value is -0.610. The fraction of sp³-hybridized carbons (Fsp3) is 0.786. The van der Waals surface area contributed by atoms with E-state index in [1.54, 1.807) is 0 Å². The molecule has 1 fully saturated rings. The topological polar surface area (TPSA) is 24.0 Å². The Balaban J connectivity index is 2.23. The Labute approximate surface area is 115 Å². The number of imidazole rings is 1. The summed E-state index contributed by atoms with van der Waals surface area (Å²) in [7, 11) is 2.23. The molecule has 1 aromatic rings. The second-order valence-electron chi connectivity index (χ2n) is 6.47. The number of nitrogens with zero attached hydrogens (tertiary/aromatic N) is 2. The molecule has 2 heterocycles. The van der Waals surface area contributed by atoms with E-state index in [-0.39, 0.29) is 5.41 Å². The lowest BCUT2D eigenvalue weighted by molar-refractivity contribution is 0.165. The lowest BCUT2D eigenvalue weighted by atomic mass is 9.92. The van der Waals surface area contributed by atoms with Crippen LogP contribution in [-0.2, 0) is 12.0 Å². The average Bonchev–Trinajstić information content (AvgIpc) is 2.63. The highest BCUT2D eigenvalue weighted by Gasteiger charge is 2.24. The van der Waals surface area contributed by atoms with Crippen LogP contribution in [0, 0.1) is 4.77 Å². The summed E-state index contributed by atoms with van der Waals surface area (Å²) in [6.45, 7) is 8.96. The summed E-state index contributed by atoms with van der Waals surface area (Å²) >= 11 is 5.44. The van der Waals surface area contributed by atoms with Crippen molar-refractivity contribution in [3.63, 3.8) is 0 Å². The van der Waals surface area contributed by atoms with E-state index in [2.05, 4.69) is 48.5 Å². The fourth-order valence-electron chi connectivity index (χ4n) is 2.78. The average molecular weight is 267 g/mol. The zero-order valence-electron chi connectivity index (χ0n) is 12.0. The molecular formula is C14H25N3S. The van der Waals surface area contributed by atoms with Crippen molar-refractivity contribution < 1.29 is 0 Å². The molecule has 1 aliphatic heterocycles. The number of H-pyrrole nitrogens is 1. The largest absolute Gasteiger partial charge is 0.337 e. The Bertz CT molecular complexity index is 452. The molecule has 1 N–H and O–H groups in total. The third-order valence-corrected chi connectivity index (χ3v) is 4.29. The van der Waals surface area contributed by atoms with Crippen molar-refractivity contribution in [2.45, 2.75) is 58.0 Å². The second kappa shape index (κ2) is 5.17. The zero-order chi connectivity index (χ0) is 13.3. The zero-order valence-corrected chi connectivity index (χ0v) is 12.8. The van der Waals surface area contributed by atoms with Gasteiger partial charge >= 0.3 is 0 Å². The molecule has 0 bridgehead atoms. The smallest absolute Gasteiger partial charge is 0.177 e. The molecule has 4 heteroatoms. The van der Waals surface area contributed by atoms with Gasteiger partial charge in [-0.25, -0.2) is 0 Å². The minimum absolute atomic E-state index is 0.140. The SMILES string of the molecule is CN1CCCCC1Cn1c(C(C)(C)C)c[nH]c1=S. The number of hydrogen-bond donors (Lipinski definition) is 1. The quantitative estimate of drug-likeness (QED) is 0.831. The molecule has 102 valence electrons. The van der Waals surface area contributed by atoms with Gasteiger partial charge in [0.15, 0.2) is 4.77 Å². The first kappa shape index (κ1) is 13.8. The van der Waals surface area contributed by atoms with E-state index in [9.17, 15) is 0 Å². The maximum Gasteiger partial charge on any atom is 0.177 e. The Kier molecular flexibility index (Phi) is 3.97. The van der Waals surface area contributed by atoms with Gasteiger partial charge in [-0.2, -0.15) is 0 Å². The first-order valence-corrected chi connectivity index (χ1v) is 7.29. The molecule has 1 saturated heterocycles. The molecule has 1 unspecified atom stereocenters. The van der Waals surface area contributed by atoms with Crippen LogP contribution in [0.25, 0.3) is 0 Å². The van der Waals surface area contributed by atoms with Gasteiger partial charge in [-0.15, -0.1) is 0 Å². The van der Waals surface area contributed by atoms with Gasteiger partial charge in [-0.3, -0.25) is 0 Å². The molecule has 1 aliphatic rings. The summed E-state index contributed by atoms with van der Waals surface area (Å²) < 4.78 is 3.15. The van der Waals surface area contributed by atoms with Crippen molar-refractivity contribution in [2.75, 3.05) is 13.6 Å². The molecule has 0 spiro atoms. The van der Waals surface area contributed by atoms with E-state index >= 15 is 0 Å². The minimum atomic E-state index is 0.140. The molecule has 2 rings (SSSR count). The van der Waals surface area contributed by atoms with Crippen LogP contribution in [0.15, 0.2) is 6.20 Å². The minimum Gasteiger partial charge on any atom is -0.337 e. The van der Waals surface area contributed by atoms with Gasteiger partial charge < -0.3 is 14.5 Å².